The number of benzene rings is 2. The smallest absolute Gasteiger partial charge is 0.244 e. The summed E-state index contributed by atoms with van der Waals surface area (Å²) in [5.41, 5.74) is 3.85. The van der Waals surface area contributed by atoms with E-state index in [0.29, 0.717) is 19.8 Å². The second-order valence-electron chi connectivity index (χ2n) is 7.56. The molecule has 34 heavy (non-hydrogen) atoms. The van der Waals surface area contributed by atoms with Gasteiger partial charge in [-0.25, -0.2) is 4.98 Å². The van der Waals surface area contributed by atoms with E-state index in [4.69, 9.17) is 9.47 Å². The molecule has 7 heteroatoms. The van der Waals surface area contributed by atoms with Crippen LogP contribution in [0.5, 0.6) is 11.5 Å². The minimum Gasteiger partial charge on any atom is -0.489 e. The molecule has 2 aromatic heterocycles. The van der Waals surface area contributed by atoms with Crippen LogP contribution in [0.4, 0.5) is 0 Å². The van der Waals surface area contributed by atoms with E-state index < -0.39 is 0 Å². The monoisotopic (exact) mass is 471 g/mol. The number of carbonyl (C=O) groups excluding carboxylic acids is 1. The molecule has 172 valence electrons. The van der Waals surface area contributed by atoms with Crippen molar-refractivity contribution >= 4 is 23.3 Å². The van der Waals surface area contributed by atoms with Crippen LogP contribution in [0.15, 0.2) is 84.5 Å². The molecule has 1 N–H and O–H groups in total. The molecule has 4 aromatic rings. The van der Waals surface area contributed by atoms with E-state index >= 15 is 0 Å². The number of hydrogen-bond donors (Lipinski definition) is 1. The zero-order valence-electron chi connectivity index (χ0n) is 18.8. The zero-order valence-corrected chi connectivity index (χ0v) is 19.6. The number of nitrogens with zero attached hydrogens (tertiary/aromatic N) is 2. The van der Waals surface area contributed by atoms with Crippen molar-refractivity contribution in [3.05, 3.63) is 112 Å². The average Bonchev–Trinajstić information content (AvgIpc) is 3.30. The van der Waals surface area contributed by atoms with Crippen molar-refractivity contribution in [2.75, 3.05) is 0 Å². The molecule has 0 bridgehead atoms. The van der Waals surface area contributed by atoms with Gasteiger partial charge in [0.2, 0.25) is 5.91 Å². The van der Waals surface area contributed by atoms with Crippen LogP contribution in [0.3, 0.4) is 0 Å². The van der Waals surface area contributed by atoms with Crippen LogP contribution in [0.2, 0.25) is 0 Å². The van der Waals surface area contributed by atoms with Gasteiger partial charge < -0.3 is 14.8 Å². The molecule has 0 spiro atoms. The van der Waals surface area contributed by atoms with E-state index in [9.17, 15) is 4.79 Å². The lowest BCUT2D eigenvalue weighted by molar-refractivity contribution is -0.116. The molecule has 2 aromatic carbocycles. The van der Waals surface area contributed by atoms with E-state index in [2.05, 4.69) is 15.3 Å². The number of aromatic nitrogens is 2. The second-order valence-corrected chi connectivity index (χ2v) is 8.62. The van der Waals surface area contributed by atoms with E-state index in [-0.39, 0.29) is 5.91 Å². The van der Waals surface area contributed by atoms with Gasteiger partial charge in [-0.1, -0.05) is 30.3 Å². The number of ether oxygens (including phenoxy) is 2. The molecule has 0 saturated carbocycles. The first-order valence-electron chi connectivity index (χ1n) is 10.8. The molecule has 0 aliphatic rings. The summed E-state index contributed by atoms with van der Waals surface area (Å²) in [4.78, 5) is 20.6. The number of pyridine rings is 1. The Kier molecular flexibility index (Phi) is 8.03. The molecule has 4 rings (SSSR count). The van der Waals surface area contributed by atoms with Gasteiger partial charge in [0.25, 0.3) is 0 Å². The topological polar surface area (TPSA) is 73.3 Å². The molecule has 0 fully saturated rings. The zero-order chi connectivity index (χ0) is 23.6. The summed E-state index contributed by atoms with van der Waals surface area (Å²) in [5, 5.41) is 5.92. The van der Waals surface area contributed by atoms with Crippen molar-refractivity contribution in [1.29, 1.82) is 0 Å². The third kappa shape index (κ3) is 7.28. The lowest BCUT2D eigenvalue weighted by atomic mass is 10.2. The summed E-state index contributed by atoms with van der Waals surface area (Å²) in [7, 11) is 0. The minimum atomic E-state index is -0.156. The summed E-state index contributed by atoms with van der Waals surface area (Å²) in [6, 6.07) is 19.1. The normalized spacial score (nSPS) is 10.9. The molecule has 0 aliphatic carbocycles. The van der Waals surface area contributed by atoms with E-state index in [1.807, 2.05) is 73.0 Å². The Morgan fingerprint density at radius 2 is 1.71 bits per heavy atom. The first-order valence-corrected chi connectivity index (χ1v) is 11.7. The predicted molar refractivity (Wildman–Crippen MR) is 134 cm³/mol. The SMILES string of the molecule is Cc1nc(COc2ccc(C=CC(=O)NCc3ccc(OCc4cccnc4)cc3)cc2)cs1. The highest BCUT2D eigenvalue weighted by atomic mass is 32.1. The third-order valence-electron chi connectivity index (χ3n) is 4.88. The van der Waals surface area contributed by atoms with Crippen molar-refractivity contribution < 1.29 is 14.3 Å². The van der Waals surface area contributed by atoms with E-state index in [1.54, 1.807) is 29.8 Å². The van der Waals surface area contributed by atoms with Crippen LogP contribution >= 0.6 is 11.3 Å². The number of rotatable bonds is 10. The fraction of sp³-hybridized carbons (Fsp3) is 0.148. The fourth-order valence-corrected chi connectivity index (χ4v) is 3.68. The number of aryl methyl sites for hydroxylation is 1. The van der Waals surface area contributed by atoms with Crippen molar-refractivity contribution in [1.82, 2.24) is 15.3 Å². The van der Waals surface area contributed by atoms with Crippen molar-refractivity contribution in [3.63, 3.8) is 0 Å². The van der Waals surface area contributed by atoms with Gasteiger partial charge in [-0.05, 0) is 54.5 Å². The van der Waals surface area contributed by atoms with Crippen LogP contribution in [-0.4, -0.2) is 15.9 Å². The first kappa shape index (κ1) is 23.2. The molecule has 0 radical (unpaired) electrons. The Morgan fingerprint density at radius 3 is 2.38 bits per heavy atom. The first-order chi connectivity index (χ1) is 16.6. The van der Waals surface area contributed by atoms with Gasteiger partial charge in [0, 0.05) is 36.0 Å². The van der Waals surface area contributed by atoms with E-state index in [0.717, 1.165) is 38.9 Å². The maximum atomic E-state index is 12.2. The quantitative estimate of drug-likeness (QED) is 0.316. The minimum absolute atomic E-state index is 0.156. The van der Waals surface area contributed by atoms with Gasteiger partial charge in [0.15, 0.2) is 0 Å². The highest BCUT2D eigenvalue weighted by Crippen LogP contribution is 2.17. The Hall–Kier alpha value is -3.97. The number of carbonyl (C=O) groups is 1. The summed E-state index contributed by atoms with van der Waals surface area (Å²) >= 11 is 1.61. The maximum absolute atomic E-state index is 12.2. The summed E-state index contributed by atoms with van der Waals surface area (Å²) in [5.74, 6) is 1.38. The summed E-state index contributed by atoms with van der Waals surface area (Å²) < 4.78 is 11.5. The number of nitrogens with one attached hydrogen (secondary N) is 1. The molecule has 0 unspecified atom stereocenters. The van der Waals surface area contributed by atoms with Gasteiger partial charge in [-0.3, -0.25) is 9.78 Å². The van der Waals surface area contributed by atoms with Crippen LogP contribution in [0, 0.1) is 6.92 Å². The molecular weight excluding hydrogens is 446 g/mol. The second kappa shape index (κ2) is 11.8. The van der Waals surface area contributed by atoms with Crippen LogP contribution in [0.1, 0.15) is 27.4 Å². The van der Waals surface area contributed by atoms with Gasteiger partial charge in [0.1, 0.15) is 24.7 Å². The highest BCUT2D eigenvalue weighted by Gasteiger charge is 2.02. The van der Waals surface area contributed by atoms with Gasteiger partial charge >= 0.3 is 0 Å². The maximum Gasteiger partial charge on any atom is 0.244 e. The largest absolute Gasteiger partial charge is 0.489 e. The van der Waals surface area contributed by atoms with Crippen molar-refractivity contribution in [3.8, 4) is 11.5 Å². The molecule has 6 nitrogen and oxygen atoms in total. The Balaban J connectivity index is 1.19. The Labute approximate surface area is 202 Å². The van der Waals surface area contributed by atoms with Gasteiger partial charge in [0.05, 0.1) is 10.7 Å². The lowest BCUT2D eigenvalue weighted by Crippen LogP contribution is -2.20. The molecule has 1 amide bonds. The standard InChI is InChI=1S/C27H25N3O3S/c1-20-30-24(19-34-20)18-33-26-9-4-21(5-10-26)8-13-27(31)29-16-22-6-11-25(12-7-22)32-17-23-3-2-14-28-15-23/h2-15,19H,16-18H2,1H3,(H,29,31). The lowest BCUT2D eigenvalue weighted by Gasteiger charge is -2.07. The third-order valence-corrected chi connectivity index (χ3v) is 5.70. The van der Waals surface area contributed by atoms with Gasteiger partial charge in [-0.2, -0.15) is 0 Å². The average molecular weight is 472 g/mol. The van der Waals surface area contributed by atoms with E-state index in [1.165, 1.54) is 6.08 Å². The Bertz CT molecular complexity index is 1220. The number of thiazole rings is 1. The highest BCUT2D eigenvalue weighted by molar-refractivity contribution is 7.09. The number of hydrogen-bond acceptors (Lipinski definition) is 6. The van der Waals surface area contributed by atoms with Crippen molar-refractivity contribution in [2.24, 2.45) is 0 Å². The molecule has 0 saturated heterocycles. The van der Waals surface area contributed by atoms with Crippen LogP contribution < -0.4 is 14.8 Å². The molecule has 0 atom stereocenters. The molecule has 2 heterocycles. The molecule has 0 aliphatic heterocycles. The van der Waals surface area contributed by atoms with Crippen LogP contribution in [-0.2, 0) is 24.6 Å². The fourth-order valence-electron chi connectivity index (χ4n) is 3.08. The number of amides is 1. The Morgan fingerprint density at radius 1 is 0.971 bits per heavy atom. The summed E-state index contributed by atoms with van der Waals surface area (Å²) in [6.45, 7) is 3.32. The van der Waals surface area contributed by atoms with Crippen LogP contribution in [0.25, 0.3) is 6.08 Å². The summed E-state index contributed by atoms with van der Waals surface area (Å²) in [6.07, 6.45) is 6.82. The molecular formula is C27H25N3O3S. The predicted octanol–water partition coefficient (Wildman–Crippen LogP) is 5.33. The van der Waals surface area contributed by atoms with Crippen molar-refractivity contribution in [2.45, 2.75) is 26.7 Å². The van der Waals surface area contributed by atoms with Gasteiger partial charge in [-0.15, -0.1) is 11.3 Å².